The van der Waals surface area contributed by atoms with Crippen molar-refractivity contribution in [2.45, 2.75) is 20.3 Å². The zero-order chi connectivity index (χ0) is 8.43. The van der Waals surface area contributed by atoms with Gasteiger partial charge in [-0.3, -0.25) is 4.79 Å². The number of aryl methyl sites for hydroxylation is 1. The molecule has 4 heteroatoms. The van der Waals surface area contributed by atoms with E-state index in [9.17, 15) is 4.79 Å². The molecule has 11 heavy (non-hydrogen) atoms. The highest BCUT2D eigenvalue weighted by atomic mass is 16.4. The molecule has 0 radical (unpaired) electrons. The minimum atomic E-state index is -0.133. The molecule has 4 nitrogen and oxygen atoms in total. The van der Waals surface area contributed by atoms with Gasteiger partial charge in [0.05, 0.1) is 5.69 Å². The summed E-state index contributed by atoms with van der Waals surface area (Å²) in [5.41, 5.74) is 5.90. The smallest absolute Gasteiger partial charge is 0.292 e. The number of ketones is 1. The van der Waals surface area contributed by atoms with Crippen LogP contribution in [0.25, 0.3) is 0 Å². The molecule has 0 atom stereocenters. The normalized spacial score (nSPS) is 10.0. The summed E-state index contributed by atoms with van der Waals surface area (Å²) in [6.45, 7) is 3.32. The summed E-state index contributed by atoms with van der Waals surface area (Å²) in [5, 5.41) is 0. The van der Waals surface area contributed by atoms with E-state index in [-0.39, 0.29) is 17.6 Å². The number of oxazole rings is 1. The minimum absolute atomic E-state index is 0.0621. The maximum atomic E-state index is 10.8. The number of rotatable bonds is 2. The molecule has 0 aliphatic carbocycles. The van der Waals surface area contributed by atoms with Crippen LogP contribution in [0.4, 0.5) is 6.01 Å². The number of aromatic nitrogens is 1. The fraction of sp³-hybridized carbons (Fsp3) is 0.429. The second kappa shape index (κ2) is 2.74. The fourth-order valence-corrected chi connectivity index (χ4v) is 0.885. The Bertz CT molecular complexity index is 278. The lowest BCUT2D eigenvalue weighted by atomic mass is 10.2. The Morgan fingerprint density at radius 3 is 2.73 bits per heavy atom. The van der Waals surface area contributed by atoms with Crippen LogP contribution < -0.4 is 5.73 Å². The van der Waals surface area contributed by atoms with Crippen LogP contribution in [-0.2, 0) is 6.42 Å². The Kier molecular flexibility index (Phi) is 1.94. The Morgan fingerprint density at radius 2 is 2.36 bits per heavy atom. The number of carbonyl (C=O) groups excluding carboxylic acids is 1. The first-order valence-electron chi connectivity index (χ1n) is 3.41. The van der Waals surface area contributed by atoms with Crippen LogP contribution in [-0.4, -0.2) is 10.8 Å². The number of hydrogen-bond donors (Lipinski definition) is 1. The Labute approximate surface area is 64.4 Å². The maximum Gasteiger partial charge on any atom is 0.292 e. The number of nitrogens with zero attached hydrogens (tertiary/aromatic N) is 1. The van der Waals surface area contributed by atoms with Gasteiger partial charge in [0.2, 0.25) is 0 Å². The molecule has 60 valence electrons. The average Bonchev–Trinajstić information content (AvgIpc) is 2.30. The monoisotopic (exact) mass is 154 g/mol. The van der Waals surface area contributed by atoms with E-state index in [1.807, 2.05) is 6.92 Å². The molecule has 0 bridgehead atoms. The third-order valence-corrected chi connectivity index (χ3v) is 1.37. The van der Waals surface area contributed by atoms with E-state index in [1.165, 1.54) is 6.92 Å². The van der Waals surface area contributed by atoms with Crippen LogP contribution in [0.15, 0.2) is 4.42 Å². The van der Waals surface area contributed by atoms with Crippen LogP contribution >= 0.6 is 0 Å². The second-order valence-electron chi connectivity index (χ2n) is 2.24. The standard InChI is InChI=1S/C7H10N2O2/c1-3-5-6(4(2)10)11-7(8)9-5/h3H2,1-2H3,(H2,8,9). The SMILES string of the molecule is CCc1nc(N)oc1C(C)=O. The van der Waals surface area contributed by atoms with E-state index in [4.69, 9.17) is 10.2 Å². The van der Waals surface area contributed by atoms with Crippen LogP contribution in [0, 0.1) is 0 Å². The predicted octanol–water partition coefficient (Wildman–Crippen LogP) is 1.02. The first kappa shape index (κ1) is 7.78. The highest BCUT2D eigenvalue weighted by Gasteiger charge is 2.13. The van der Waals surface area contributed by atoms with E-state index in [0.29, 0.717) is 12.1 Å². The zero-order valence-electron chi connectivity index (χ0n) is 6.55. The van der Waals surface area contributed by atoms with Crippen molar-refractivity contribution < 1.29 is 9.21 Å². The van der Waals surface area contributed by atoms with Crippen LogP contribution in [0.5, 0.6) is 0 Å². The van der Waals surface area contributed by atoms with E-state index in [1.54, 1.807) is 0 Å². The topological polar surface area (TPSA) is 69.1 Å². The summed E-state index contributed by atoms with van der Waals surface area (Å²) in [5.74, 6) is 0.149. The zero-order valence-corrected chi connectivity index (χ0v) is 6.55. The molecule has 0 fully saturated rings. The molecule has 2 N–H and O–H groups in total. The number of hydrogen-bond acceptors (Lipinski definition) is 4. The van der Waals surface area contributed by atoms with Gasteiger partial charge >= 0.3 is 0 Å². The minimum Gasteiger partial charge on any atom is -0.420 e. The van der Waals surface area contributed by atoms with Crippen molar-refractivity contribution in [3.8, 4) is 0 Å². The van der Waals surface area contributed by atoms with Crippen molar-refractivity contribution >= 4 is 11.8 Å². The highest BCUT2D eigenvalue weighted by Crippen LogP contribution is 2.13. The Balaban J connectivity index is 3.12. The molecule has 1 rings (SSSR count). The summed E-state index contributed by atoms with van der Waals surface area (Å²) in [6.07, 6.45) is 0.662. The van der Waals surface area contributed by atoms with Crippen LogP contribution in [0.2, 0.25) is 0 Å². The van der Waals surface area contributed by atoms with Gasteiger partial charge in [-0.25, -0.2) is 0 Å². The van der Waals surface area contributed by atoms with Crippen molar-refractivity contribution in [3.05, 3.63) is 11.5 Å². The summed E-state index contributed by atoms with van der Waals surface area (Å²) in [6, 6.07) is 0.0621. The average molecular weight is 154 g/mol. The number of nitrogen functional groups attached to an aromatic ring is 1. The molecular weight excluding hydrogens is 144 g/mol. The molecule has 1 aromatic heterocycles. The van der Waals surface area contributed by atoms with Gasteiger partial charge in [0.25, 0.3) is 6.01 Å². The van der Waals surface area contributed by atoms with E-state index < -0.39 is 0 Å². The van der Waals surface area contributed by atoms with E-state index in [2.05, 4.69) is 4.98 Å². The molecule has 0 aliphatic rings. The summed E-state index contributed by atoms with van der Waals surface area (Å²) in [7, 11) is 0. The van der Waals surface area contributed by atoms with Gasteiger partial charge in [-0.2, -0.15) is 4.98 Å². The number of Topliss-reactive ketones (excluding diaryl/α,β-unsaturated/α-hetero) is 1. The van der Waals surface area contributed by atoms with Crippen LogP contribution in [0.1, 0.15) is 30.1 Å². The summed E-state index contributed by atoms with van der Waals surface area (Å²) in [4.78, 5) is 14.7. The predicted molar refractivity (Wildman–Crippen MR) is 40.3 cm³/mol. The van der Waals surface area contributed by atoms with E-state index in [0.717, 1.165) is 0 Å². The first-order valence-corrected chi connectivity index (χ1v) is 3.41. The van der Waals surface area contributed by atoms with Crippen molar-refractivity contribution in [3.63, 3.8) is 0 Å². The molecule has 0 saturated carbocycles. The quantitative estimate of drug-likeness (QED) is 0.645. The molecular formula is C7H10N2O2. The first-order chi connectivity index (χ1) is 5.15. The molecule has 0 amide bonds. The molecule has 0 unspecified atom stereocenters. The van der Waals surface area contributed by atoms with Gasteiger partial charge in [-0.15, -0.1) is 0 Å². The third-order valence-electron chi connectivity index (χ3n) is 1.37. The lowest BCUT2D eigenvalue weighted by Crippen LogP contribution is -1.94. The lowest BCUT2D eigenvalue weighted by molar-refractivity contribution is 0.0987. The van der Waals surface area contributed by atoms with Crippen LogP contribution in [0.3, 0.4) is 0 Å². The van der Waals surface area contributed by atoms with Crippen molar-refractivity contribution in [1.29, 1.82) is 0 Å². The summed E-state index contributed by atoms with van der Waals surface area (Å²) < 4.78 is 4.88. The molecule has 0 spiro atoms. The molecule has 0 aliphatic heterocycles. The molecule has 0 saturated heterocycles. The van der Waals surface area contributed by atoms with Gasteiger partial charge in [-0.1, -0.05) is 6.92 Å². The van der Waals surface area contributed by atoms with Gasteiger partial charge in [-0.05, 0) is 6.42 Å². The van der Waals surface area contributed by atoms with Gasteiger partial charge in [0.15, 0.2) is 11.5 Å². The number of carbonyl (C=O) groups is 1. The van der Waals surface area contributed by atoms with Crippen molar-refractivity contribution in [2.24, 2.45) is 0 Å². The maximum absolute atomic E-state index is 10.8. The number of anilines is 1. The summed E-state index contributed by atoms with van der Waals surface area (Å²) >= 11 is 0. The van der Waals surface area contributed by atoms with E-state index >= 15 is 0 Å². The fourth-order valence-electron chi connectivity index (χ4n) is 0.885. The van der Waals surface area contributed by atoms with Gasteiger partial charge < -0.3 is 10.2 Å². The highest BCUT2D eigenvalue weighted by molar-refractivity contribution is 5.92. The lowest BCUT2D eigenvalue weighted by Gasteiger charge is -1.88. The Hall–Kier alpha value is -1.32. The Morgan fingerprint density at radius 1 is 1.73 bits per heavy atom. The number of nitrogens with two attached hydrogens (primary N) is 1. The largest absolute Gasteiger partial charge is 0.420 e. The molecule has 1 aromatic rings. The van der Waals surface area contributed by atoms with Crippen molar-refractivity contribution in [2.75, 3.05) is 5.73 Å². The third kappa shape index (κ3) is 1.39. The van der Waals surface area contributed by atoms with Crippen molar-refractivity contribution in [1.82, 2.24) is 4.98 Å². The molecule has 0 aromatic carbocycles. The molecule has 1 heterocycles. The second-order valence-corrected chi connectivity index (χ2v) is 2.24. The van der Waals surface area contributed by atoms with Gasteiger partial charge in [0, 0.05) is 6.92 Å². The van der Waals surface area contributed by atoms with Gasteiger partial charge in [0.1, 0.15) is 0 Å².